The molecule has 5 heteroatoms. The van der Waals surface area contributed by atoms with Crippen LogP contribution in [-0.2, 0) is 0 Å². The molecule has 2 fully saturated rings. The number of halogens is 1. The Kier molecular flexibility index (Phi) is 7.58. The molecule has 1 unspecified atom stereocenters. The van der Waals surface area contributed by atoms with Gasteiger partial charge in [-0.25, -0.2) is 0 Å². The van der Waals surface area contributed by atoms with Crippen molar-refractivity contribution in [2.45, 2.75) is 57.0 Å². The number of hydrogen-bond donors (Lipinski definition) is 1. The molecule has 0 saturated heterocycles. The van der Waals surface area contributed by atoms with E-state index < -0.39 is 0 Å². The van der Waals surface area contributed by atoms with Crippen molar-refractivity contribution in [3.8, 4) is 0 Å². The summed E-state index contributed by atoms with van der Waals surface area (Å²) in [5.74, 6) is 1.52. The lowest BCUT2D eigenvalue weighted by Gasteiger charge is -2.34. The van der Waals surface area contributed by atoms with Crippen LogP contribution < -0.4 is 5.73 Å². The van der Waals surface area contributed by atoms with Gasteiger partial charge in [0, 0.05) is 19.1 Å². The second kappa shape index (κ2) is 8.41. The van der Waals surface area contributed by atoms with Crippen LogP contribution in [0.15, 0.2) is 4.99 Å². The van der Waals surface area contributed by atoms with Gasteiger partial charge in [0.1, 0.15) is 0 Å². The molecule has 2 aliphatic rings. The third-order valence-corrected chi connectivity index (χ3v) is 4.75. The number of nitrogens with zero attached hydrogens (tertiary/aromatic N) is 3. The summed E-state index contributed by atoms with van der Waals surface area (Å²) in [5, 5.41) is 0. The second-order valence-corrected chi connectivity index (χ2v) is 6.47. The molecule has 2 aliphatic carbocycles. The van der Waals surface area contributed by atoms with Gasteiger partial charge in [-0.3, -0.25) is 4.99 Å². The number of nitrogens with two attached hydrogens (primary N) is 1. The first-order valence-electron chi connectivity index (χ1n) is 7.78. The molecule has 0 aromatic rings. The normalized spacial score (nSPS) is 22.5. The molecule has 2 rings (SSSR count). The Bertz CT molecular complexity index is 309. The van der Waals surface area contributed by atoms with E-state index >= 15 is 0 Å². The molecule has 0 radical (unpaired) electrons. The fourth-order valence-corrected chi connectivity index (χ4v) is 3.20. The van der Waals surface area contributed by atoms with Gasteiger partial charge in [0.05, 0.1) is 6.54 Å². The highest BCUT2D eigenvalue weighted by molar-refractivity contribution is 14.0. The zero-order valence-electron chi connectivity index (χ0n) is 13.2. The molecule has 20 heavy (non-hydrogen) atoms. The number of guanidine groups is 1. The summed E-state index contributed by atoms with van der Waals surface area (Å²) in [5.41, 5.74) is 6.09. The fourth-order valence-electron chi connectivity index (χ4n) is 3.20. The first-order valence-corrected chi connectivity index (χ1v) is 7.78. The van der Waals surface area contributed by atoms with E-state index in [1.807, 2.05) is 0 Å². The lowest BCUT2D eigenvalue weighted by molar-refractivity contribution is 0.175. The van der Waals surface area contributed by atoms with E-state index in [1.165, 1.54) is 44.9 Å². The van der Waals surface area contributed by atoms with Crippen molar-refractivity contribution in [3.05, 3.63) is 0 Å². The zero-order valence-corrected chi connectivity index (χ0v) is 15.5. The minimum atomic E-state index is 0. The van der Waals surface area contributed by atoms with Gasteiger partial charge in [0.25, 0.3) is 0 Å². The number of rotatable bonds is 5. The average Bonchev–Trinajstić information content (AvgIpc) is 3.23. The van der Waals surface area contributed by atoms with E-state index in [0.717, 1.165) is 18.4 Å². The first-order chi connectivity index (χ1) is 9.09. The van der Waals surface area contributed by atoms with Crippen LogP contribution in [0.5, 0.6) is 0 Å². The molecule has 0 heterocycles. The van der Waals surface area contributed by atoms with Crippen LogP contribution in [0.4, 0.5) is 0 Å². The molecule has 2 saturated carbocycles. The molecule has 0 aliphatic heterocycles. The highest BCUT2D eigenvalue weighted by atomic mass is 127. The summed E-state index contributed by atoms with van der Waals surface area (Å²) in [6.07, 6.45) is 9.44. The molecule has 4 nitrogen and oxygen atoms in total. The van der Waals surface area contributed by atoms with Crippen LogP contribution in [0, 0.1) is 5.92 Å². The van der Waals surface area contributed by atoms with Crippen LogP contribution >= 0.6 is 24.0 Å². The average molecular weight is 394 g/mol. The zero-order chi connectivity index (χ0) is 13.8. The van der Waals surface area contributed by atoms with Crippen LogP contribution in [0.2, 0.25) is 0 Å². The van der Waals surface area contributed by atoms with Crippen molar-refractivity contribution >= 4 is 29.9 Å². The maximum absolute atomic E-state index is 6.09. The molecule has 118 valence electrons. The number of likely N-dealkylation sites (N-methyl/N-ethyl adjacent to an activating group) is 1. The lowest BCUT2D eigenvalue weighted by atomic mass is 9.83. The molecule has 2 N–H and O–H groups in total. The molecule has 1 atom stereocenters. The quantitative estimate of drug-likeness (QED) is 0.443. The van der Waals surface area contributed by atoms with Gasteiger partial charge >= 0.3 is 0 Å². The summed E-state index contributed by atoms with van der Waals surface area (Å²) < 4.78 is 0. The highest BCUT2D eigenvalue weighted by Crippen LogP contribution is 2.29. The number of hydrogen-bond acceptors (Lipinski definition) is 2. The van der Waals surface area contributed by atoms with E-state index in [-0.39, 0.29) is 24.0 Å². The van der Waals surface area contributed by atoms with Crippen molar-refractivity contribution < 1.29 is 0 Å². The van der Waals surface area contributed by atoms with Crippen LogP contribution in [0.1, 0.15) is 44.9 Å². The van der Waals surface area contributed by atoms with E-state index in [4.69, 9.17) is 5.73 Å². The molecule has 0 spiro atoms. The van der Waals surface area contributed by atoms with E-state index in [2.05, 4.69) is 35.9 Å². The number of aliphatic imine (C=N–C) groups is 1. The van der Waals surface area contributed by atoms with Crippen molar-refractivity contribution in [1.29, 1.82) is 0 Å². The fraction of sp³-hybridized carbons (Fsp3) is 0.933. The largest absolute Gasteiger partial charge is 0.370 e. The Morgan fingerprint density at radius 2 is 1.70 bits per heavy atom. The monoisotopic (exact) mass is 394 g/mol. The molecular weight excluding hydrogens is 363 g/mol. The summed E-state index contributed by atoms with van der Waals surface area (Å²) >= 11 is 0. The Balaban J connectivity index is 0.00000200. The minimum Gasteiger partial charge on any atom is -0.370 e. The summed E-state index contributed by atoms with van der Waals surface area (Å²) in [6.45, 7) is 0.848. The van der Waals surface area contributed by atoms with Gasteiger partial charge in [0.2, 0.25) is 0 Å². The molecule has 0 aromatic heterocycles. The topological polar surface area (TPSA) is 44.9 Å². The maximum Gasteiger partial charge on any atom is 0.191 e. The van der Waals surface area contributed by atoms with Gasteiger partial charge in [-0.1, -0.05) is 19.3 Å². The van der Waals surface area contributed by atoms with Gasteiger partial charge in [-0.05, 0) is 45.7 Å². The van der Waals surface area contributed by atoms with Gasteiger partial charge in [-0.2, -0.15) is 0 Å². The van der Waals surface area contributed by atoms with Gasteiger partial charge < -0.3 is 15.5 Å². The molecule has 0 amide bonds. The SMILES string of the molecule is CN(C)C(CN=C(N)N(C)C1CC1)C1CCCCC1.I. The second-order valence-electron chi connectivity index (χ2n) is 6.47. The highest BCUT2D eigenvalue weighted by Gasteiger charge is 2.28. The van der Waals surface area contributed by atoms with Crippen molar-refractivity contribution in [3.63, 3.8) is 0 Å². The van der Waals surface area contributed by atoms with Crippen molar-refractivity contribution in [1.82, 2.24) is 9.80 Å². The third kappa shape index (κ3) is 5.06. The third-order valence-electron chi connectivity index (χ3n) is 4.75. The predicted octanol–water partition coefficient (Wildman–Crippen LogP) is 2.52. The van der Waals surface area contributed by atoms with Gasteiger partial charge in [0.15, 0.2) is 5.96 Å². The van der Waals surface area contributed by atoms with E-state index in [1.54, 1.807) is 0 Å². The Hall–Kier alpha value is -0.0400. The van der Waals surface area contributed by atoms with Crippen LogP contribution in [0.3, 0.4) is 0 Å². The summed E-state index contributed by atoms with van der Waals surface area (Å²) in [7, 11) is 6.42. The summed E-state index contributed by atoms with van der Waals surface area (Å²) in [6, 6.07) is 1.20. The summed E-state index contributed by atoms with van der Waals surface area (Å²) in [4.78, 5) is 9.14. The minimum absolute atomic E-state index is 0. The molecular formula is C15H31IN4. The van der Waals surface area contributed by atoms with Crippen LogP contribution in [0.25, 0.3) is 0 Å². The predicted molar refractivity (Wildman–Crippen MR) is 96.7 cm³/mol. The van der Waals surface area contributed by atoms with Crippen LogP contribution in [-0.4, -0.2) is 55.5 Å². The Morgan fingerprint density at radius 1 is 1.10 bits per heavy atom. The smallest absolute Gasteiger partial charge is 0.191 e. The standard InChI is InChI=1S/C15H30N4.HI/c1-18(2)14(12-7-5-4-6-8-12)11-17-15(16)19(3)13-9-10-13;/h12-14H,4-11H2,1-3H3,(H2,16,17);1H. The Morgan fingerprint density at radius 3 is 2.20 bits per heavy atom. The lowest BCUT2D eigenvalue weighted by Crippen LogP contribution is -2.41. The molecule has 0 aromatic carbocycles. The van der Waals surface area contributed by atoms with E-state index in [9.17, 15) is 0 Å². The van der Waals surface area contributed by atoms with Crippen molar-refractivity contribution in [2.24, 2.45) is 16.6 Å². The maximum atomic E-state index is 6.09. The Labute approximate surface area is 141 Å². The van der Waals surface area contributed by atoms with Crippen molar-refractivity contribution in [2.75, 3.05) is 27.7 Å². The van der Waals surface area contributed by atoms with Gasteiger partial charge in [-0.15, -0.1) is 24.0 Å². The van der Waals surface area contributed by atoms with E-state index in [0.29, 0.717) is 12.1 Å². The first kappa shape index (κ1) is 18.0. The molecule has 0 bridgehead atoms.